The van der Waals surface area contributed by atoms with E-state index in [0.717, 1.165) is 12.2 Å². The van der Waals surface area contributed by atoms with Crippen molar-refractivity contribution >= 4 is 0 Å². The molecule has 0 N–H and O–H groups in total. The van der Waals surface area contributed by atoms with E-state index in [9.17, 15) is 0 Å². The number of aryl methyl sites for hydroxylation is 1. The summed E-state index contributed by atoms with van der Waals surface area (Å²) < 4.78 is 1.96. The van der Waals surface area contributed by atoms with Gasteiger partial charge in [-0.1, -0.05) is 42.5 Å². The van der Waals surface area contributed by atoms with Crippen LogP contribution in [0, 0.1) is 0 Å². The molecule has 0 fully saturated rings. The first-order chi connectivity index (χ1) is 11.8. The van der Waals surface area contributed by atoms with Gasteiger partial charge in [-0.3, -0.25) is 4.90 Å². The molecule has 0 bridgehead atoms. The predicted molar refractivity (Wildman–Crippen MR) is 97.2 cm³/mol. The molecule has 0 saturated carbocycles. The van der Waals surface area contributed by atoms with Crippen molar-refractivity contribution in [3.8, 4) is 5.69 Å². The van der Waals surface area contributed by atoms with E-state index in [1.54, 1.807) is 0 Å². The molecule has 1 atom stereocenters. The van der Waals surface area contributed by atoms with Crippen molar-refractivity contribution in [1.82, 2.24) is 14.7 Å². The number of rotatable bonds is 4. The van der Waals surface area contributed by atoms with Crippen LogP contribution in [0.2, 0.25) is 0 Å². The van der Waals surface area contributed by atoms with Crippen LogP contribution in [0.15, 0.2) is 67.0 Å². The SMILES string of the molecule is CN(Cc1cnn(-c2ccccc2)c1)[C@H]1CCCc2ccccc21. The summed E-state index contributed by atoms with van der Waals surface area (Å²) in [6.45, 7) is 0.922. The van der Waals surface area contributed by atoms with Crippen molar-refractivity contribution in [3.63, 3.8) is 0 Å². The number of aromatic nitrogens is 2. The van der Waals surface area contributed by atoms with Crippen molar-refractivity contribution in [3.05, 3.63) is 83.7 Å². The summed E-state index contributed by atoms with van der Waals surface area (Å²) in [6, 6.07) is 19.7. The van der Waals surface area contributed by atoms with Gasteiger partial charge in [0.15, 0.2) is 0 Å². The Hall–Kier alpha value is -2.39. The molecule has 122 valence electrons. The molecule has 2 aromatic carbocycles. The van der Waals surface area contributed by atoms with E-state index in [2.05, 4.69) is 59.6 Å². The molecule has 24 heavy (non-hydrogen) atoms. The third-order valence-electron chi connectivity index (χ3n) is 4.96. The Morgan fingerprint density at radius 2 is 1.88 bits per heavy atom. The normalized spacial score (nSPS) is 17.0. The molecular formula is C21H23N3. The largest absolute Gasteiger partial charge is 0.295 e. The first-order valence-corrected chi connectivity index (χ1v) is 8.68. The summed E-state index contributed by atoms with van der Waals surface area (Å²) in [4.78, 5) is 2.46. The molecule has 0 amide bonds. The topological polar surface area (TPSA) is 21.1 Å². The molecule has 4 rings (SSSR count). The second kappa shape index (κ2) is 6.62. The van der Waals surface area contributed by atoms with Crippen molar-refractivity contribution < 1.29 is 0 Å². The van der Waals surface area contributed by atoms with Gasteiger partial charge in [0.1, 0.15) is 0 Å². The maximum Gasteiger partial charge on any atom is 0.0645 e. The second-order valence-electron chi connectivity index (χ2n) is 6.65. The van der Waals surface area contributed by atoms with Gasteiger partial charge in [-0.05, 0) is 49.6 Å². The Kier molecular flexibility index (Phi) is 4.18. The van der Waals surface area contributed by atoms with Crippen molar-refractivity contribution in [2.45, 2.75) is 31.8 Å². The molecule has 1 aliphatic rings. The third-order valence-corrected chi connectivity index (χ3v) is 4.96. The van der Waals surface area contributed by atoms with E-state index in [4.69, 9.17) is 0 Å². The first kappa shape index (κ1) is 15.2. The minimum Gasteiger partial charge on any atom is -0.295 e. The van der Waals surface area contributed by atoms with Crippen molar-refractivity contribution in [2.75, 3.05) is 7.05 Å². The first-order valence-electron chi connectivity index (χ1n) is 8.68. The van der Waals surface area contributed by atoms with Crippen LogP contribution in [-0.4, -0.2) is 21.7 Å². The molecule has 0 radical (unpaired) electrons. The summed E-state index contributed by atoms with van der Waals surface area (Å²) in [5.74, 6) is 0. The highest BCUT2D eigenvalue weighted by Gasteiger charge is 2.23. The van der Waals surface area contributed by atoms with Crippen LogP contribution in [0.1, 0.15) is 35.6 Å². The third kappa shape index (κ3) is 3.00. The summed E-state index contributed by atoms with van der Waals surface area (Å²) in [5.41, 5.74) is 5.38. The Bertz CT molecular complexity index is 807. The second-order valence-corrected chi connectivity index (χ2v) is 6.65. The average molecular weight is 317 g/mol. The number of hydrogen-bond acceptors (Lipinski definition) is 2. The molecule has 1 aromatic heterocycles. The van der Waals surface area contributed by atoms with Crippen LogP contribution in [0.25, 0.3) is 5.69 Å². The number of nitrogens with zero attached hydrogens (tertiary/aromatic N) is 3. The van der Waals surface area contributed by atoms with Crippen LogP contribution in [0.3, 0.4) is 0 Å². The zero-order valence-electron chi connectivity index (χ0n) is 14.1. The van der Waals surface area contributed by atoms with Gasteiger partial charge in [-0.25, -0.2) is 4.68 Å². The molecule has 3 aromatic rings. The van der Waals surface area contributed by atoms with Crippen LogP contribution in [-0.2, 0) is 13.0 Å². The Morgan fingerprint density at radius 1 is 1.08 bits per heavy atom. The van der Waals surface area contributed by atoms with E-state index >= 15 is 0 Å². The summed E-state index contributed by atoms with van der Waals surface area (Å²) in [5, 5.41) is 4.52. The van der Waals surface area contributed by atoms with Crippen LogP contribution in [0.4, 0.5) is 0 Å². The van der Waals surface area contributed by atoms with Gasteiger partial charge in [0.25, 0.3) is 0 Å². The highest BCUT2D eigenvalue weighted by atomic mass is 15.3. The summed E-state index contributed by atoms with van der Waals surface area (Å²) in [7, 11) is 2.23. The lowest BCUT2D eigenvalue weighted by atomic mass is 9.87. The Morgan fingerprint density at radius 3 is 2.75 bits per heavy atom. The van der Waals surface area contributed by atoms with Crippen molar-refractivity contribution in [2.24, 2.45) is 0 Å². The predicted octanol–water partition coefficient (Wildman–Crippen LogP) is 4.38. The maximum absolute atomic E-state index is 4.52. The number of fused-ring (bicyclic) bond motifs is 1. The number of benzene rings is 2. The summed E-state index contributed by atoms with van der Waals surface area (Å²) in [6.07, 6.45) is 7.85. The van der Waals surface area contributed by atoms with Crippen molar-refractivity contribution in [1.29, 1.82) is 0 Å². The van der Waals surface area contributed by atoms with E-state index < -0.39 is 0 Å². The molecule has 1 heterocycles. The fourth-order valence-corrected chi connectivity index (χ4v) is 3.75. The quantitative estimate of drug-likeness (QED) is 0.712. The molecule has 3 nitrogen and oxygen atoms in total. The fraction of sp³-hybridized carbons (Fsp3) is 0.286. The highest BCUT2D eigenvalue weighted by Crippen LogP contribution is 2.34. The van der Waals surface area contributed by atoms with E-state index in [1.807, 2.05) is 29.1 Å². The Labute approximate surface area is 143 Å². The lowest BCUT2D eigenvalue weighted by Crippen LogP contribution is -2.27. The zero-order chi connectivity index (χ0) is 16.4. The monoisotopic (exact) mass is 317 g/mol. The van der Waals surface area contributed by atoms with E-state index in [-0.39, 0.29) is 0 Å². The fourth-order valence-electron chi connectivity index (χ4n) is 3.75. The van der Waals surface area contributed by atoms with Gasteiger partial charge >= 0.3 is 0 Å². The Balaban J connectivity index is 1.51. The molecule has 1 aliphatic carbocycles. The van der Waals surface area contributed by atoms with E-state index in [1.165, 1.54) is 36.0 Å². The number of para-hydroxylation sites is 1. The van der Waals surface area contributed by atoms with Gasteiger partial charge in [-0.2, -0.15) is 5.10 Å². The van der Waals surface area contributed by atoms with Crippen LogP contribution in [0.5, 0.6) is 0 Å². The highest BCUT2D eigenvalue weighted by molar-refractivity contribution is 5.33. The van der Waals surface area contributed by atoms with Gasteiger partial charge in [0, 0.05) is 24.3 Å². The summed E-state index contributed by atoms with van der Waals surface area (Å²) >= 11 is 0. The molecule has 0 aliphatic heterocycles. The molecule has 0 saturated heterocycles. The van der Waals surface area contributed by atoms with Gasteiger partial charge in [0.2, 0.25) is 0 Å². The van der Waals surface area contributed by atoms with E-state index in [0.29, 0.717) is 6.04 Å². The smallest absolute Gasteiger partial charge is 0.0645 e. The molecular weight excluding hydrogens is 294 g/mol. The van der Waals surface area contributed by atoms with Gasteiger partial charge in [-0.15, -0.1) is 0 Å². The zero-order valence-corrected chi connectivity index (χ0v) is 14.1. The molecule has 0 unspecified atom stereocenters. The van der Waals surface area contributed by atoms with Gasteiger partial charge < -0.3 is 0 Å². The molecule has 0 spiro atoms. The average Bonchev–Trinajstić information content (AvgIpc) is 3.10. The number of hydrogen-bond donors (Lipinski definition) is 0. The lowest BCUT2D eigenvalue weighted by molar-refractivity contribution is 0.213. The lowest BCUT2D eigenvalue weighted by Gasteiger charge is -2.33. The minimum atomic E-state index is 0.509. The van der Waals surface area contributed by atoms with Gasteiger partial charge in [0.05, 0.1) is 11.9 Å². The standard InChI is InChI=1S/C21H23N3/c1-23(21-13-7-9-18-8-5-6-12-20(18)21)15-17-14-22-24(16-17)19-10-3-2-4-11-19/h2-6,8,10-12,14,16,21H,7,9,13,15H2,1H3/t21-/m0/s1. The van der Waals surface area contributed by atoms with Crippen LogP contribution < -0.4 is 0 Å². The minimum absolute atomic E-state index is 0.509. The molecule has 3 heteroatoms. The van der Waals surface area contributed by atoms with Crippen LogP contribution >= 0.6 is 0 Å². The maximum atomic E-state index is 4.52.